The highest BCUT2D eigenvalue weighted by Crippen LogP contribution is 2.33. The lowest BCUT2D eigenvalue weighted by molar-refractivity contribution is -0.133. The molecule has 3 heterocycles. The maximum absolute atomic E-state index is 12.8. The zero-order chi connectivity index (χ0) is 19.7. The summed E-state index contributed by atoms with van der Waals surface area (Å²) in [5.41, 5.74) is 0.896. The molecular formula is C19H22N4O4S. The van der Waals surface area contributed by atoms with Crippen molar-refractivity contribution in [3.8, 4) is 11.5 Å². The fraction of sp³-hybridized carbons (Fsp3) is 0.474. The highest BCUT2D eigenvalue weighted by atomic mass is 32.1. The number of aromatic nitrogens is 2. The quantitative estimate of drug-likeness (QED) is 0.798. The minimum Gasteiger partial charge on any atom is -0.454 e. The number of nitrogens with one attached hydrogen (secondary N) is 1. The second kappa shape index (κ2) is 7.75. The average Bonchev–Trinajstić information content (AvgIpc) is 3.36. The first-order valence-corrected chi connectivity index (χ1v) is 10.1. The topological polar surface area (TPSA) is 93.7 Å². The maximum Gasteiger partial charge on any atom is 0.249 e. The summed E-state index contributed by atoms with van der Waals surface area (Å²) < 4.78 is 10.7. The van der Waals surface area contributed by atoms with E-state index in [9.17, 15) is 9.59 Å². The number of hydrogen-bond donors (Lipinski definition) is 1. The number of carbonyl (C=O) groups excluding carboxylic acids is 2. The predicted octanol–water partition coefficient (Wildman–Crippen LogP) is 2.59. The van der Waals surface area contributed by atoms with Crippen LogP contribution in [0.2, 0.25) is 0 Å². The van der Waals surface area contributed by atoms with E-state index >= 15 is 0 Å². The minimum atomic E-state index is -0.518. The van der Waals surface area contributed by atoms with Crippen molar-refractivity contribution >= 4 is 28.3 Å². The summed E-state index contributed by atoms with van der Waals surface area (Å²) >= 11 is 1.38. The third kappa shape index (κ3) is 3.94. The van der Waals surface area contributed by atoms with E-state index < -0.39 is 6.04 Å². The summed E-state index contributed by atoms with van der Waals surface area (Å²) in [5, 5.41) is 12.4. The first-order chi connectivity index (χ1) is 13.5. The molecule has 1 aromatic heterocycles. The highest BCUT2D eigenvalue weighted by molar-refractivity contribution is 7.15. The van der Waals surface area contributed by atoms with Crippen LogP contribution in [-0.2, 0) is 22.6 Å². The van der Waals surface area contributed by atoms with Gasteiger partial charge in [-0.2, -0.15) is 0 Å². The molecule has 0 saturated carbocycles. The molecular weight excluding hydrogens is 380 g/mol. The Hall–Kier alpha value is -2.68. The van der Waals surface area contributed by atoms with Crippen molar-refractivity contribution in [3.05, 3.63) is 28.8 Å². The van der Waals surface area contributed by atoms with Crippen LogP contribution in [0.15, 0.2) is 18.2 Å². The number of nitrogens with zero attached hydrogens (tertiary/aromatic N) is 3. The number of amides is 2. The van der Waals surface area contributed by atoms with Crippen molar-refractivity contribution in [1.82, 2.24) is 15.1 Å². The third-order valence-corrected chi connectivity index (χ3v) is 5.56. The van der Waals surface area contributed by atoms with E-state index in [0.717, 1.165) is 17.0 Å². The summed E-state index contributed by atoms with van der Waals surface area (Å²) in [6, 6.07) is 5.04. The van der Waals surface area contributed by atoms with Crippen molar-refractivity contribution in [2.75, 3.05) is 12.1 Å². The van der Waals surface area contributed by atoms with Gasteiger partial charge in [0.05, 0.1) is 0 Å². The molecule has 2 amide bonds. The van der Waals surface area contributed by atoms with Crippen LogP contribution in [0, 0.1) is 5.92 Å². The number of benzene rings is 1. The molecule has 1 saturated heterocycles. The SMILES string of the molecule is CC(C)Cc1nnc(NC(=O)C2CCC(=O)N2Cc2ccc3c(c2)OCO3)s1. The number of ether oxygens (including phenoxy) is 2. The molecule has 1 N–H and O–H groups in total. The summed E-state index contributed by atoms with van der Waals surface area (Å²) in [4.78, 5) is 26.8. The van der Waals surface area contributed by atoms with Crippen molar-refractivity contribution in [3.63, 3.8) is 0 Å². The Kier molecular flexibility index (Phi) is 5.17. The van der Waals surface area contributed by atoms with Crippen LogP contribution in [0.1, 0.15) is 37.3 Å². The first-order valence-electron chi connectivity index (χ1n) is 9.31. The van der Waals surface area contributed by atoms with E-state index in [1.165, 1.54) is 11.3 Å². The first kappa shape index (κ1) is 18.7. The maximum atomic E-state index is 12.8. The van der Waals surface area contributed by atoms with Gasteiger partial charge in [-0.1, -0.05) is 31.3 Å². The standard InChI is InChI=1S/C19H22N4O4S/c1-11(2)7-16-21-22-19(28-16)20-18(25)13-4-6-17(24)23(13)9-12-3-5-14-15(8-12)27-10-26-14/h3,5,8,11,13H,4,6-7,9-10H2,1-2H3,(H,20,22,25). The summed E-state index contributed by atoms with van der Waals surface area (Å²) in [7, 11) is 0. The molecule has 2 aliphatic rings. The molecule has 1 atom stereocenters. The zero-order valence-electron chi connectivity index (χ0n) is 15.8. The summed E-state index contributed by atoms with van der Waals surface area (Å²) in [6.07, 6.45) is 1.68. The van der Waals surface area contributed by atoms with Gasteiger partial charge in [0.15, 0.2) is 11.5 Å². The second-order valence-corrected chi connectivity index (χ2v) is 8.41. The minimum absolute atomic E-state index is 0.0319. The van der Waals surface area contributed by atoms with E-state index in [-0.39, 0.29) is 18.6 Å². The lowest BCUT2D eigenvalue weighted by Gasteiger charge is -2.23. The molecule has 28 heavy (non-hydrogen) atoms. The number of hydrogen-bond acceptors (Lipinski definition) is 7. The molecule has 1 unspecified atom stereocenters. The largest absolute Gasteiger partial charge is 0.454 e. The Morgan fingerprint density at radius 1 is 1.32 bits per heavy atom. The molecule has 148 valence electrons. The molecule has 2 aliphatic heterocycles. The fourth-order valence-corrected chi connectivity index (χ4v) is 4.32. The molecule has 1 aromatic carbocycles. The molecule has 9 heteroatoms. The van der Waals surface area contributed by atoms with E-state index in [1.807, 2.05) is 18.2 Å². The molecule has 0 radical (unpaired) electrons. The fourth-order valence-electron chi connectivity index (χ4n) is 3.36. The summed E-state index contributed by atoms with van der Waals surface area (Å²) in [6.45, 7) is 4.77. The van der Waals surface area contributed by atoms with Gasteiger partial charge in [0.2, 0.25) is 23.7 Å². The Labute approximate surface area is 166 Å². The number of anilines is 1. The zero-order valence-corrected chi connectivity index (χ0v) is 16.6. The van der Waals surface area contributed by atoms with Crippen molar-refractivity contribution in [2.45, 2.75) is 45.7 Å². The van der Waals surface area contributed by atoms with Gasteiger partial charge in [0.1, 0.15) is 11.0 Å². The van der Waals surface area contributed by atoms with Crippen LogP contribution >= 0.6 is 11.3 Å². The van der Waals surface area contributed by atoms with Gasteiger partial charge >= 0.3 is 0 Å². The van der Waals surface area contributed by atoms with E-state index in [4.69, 9.17) is 9.47 Å². The predicted molar refractivity (Wildman–Crippen MR) is 103 cm³/mol. The van der Waals surface area contributed by atoms with E-state index in [0.29, 0.717) is 41.9 Å². The molecule has 2 aromatic rings. The highest BCUT2D eigenvalue weighted by Gasteiger charge is 2.36. The Morgan fingerprint density at radius 3 is 2.96 bits per heavy atom. The Morgan fingerprint density at radius 2 is 2.14 bits per heavy atom. The lowest BCUT2D eigenvalue weighted by Crippen LogP contribution is -2.41. The second-order valence-electron chi connectivity index (χ2n) is 7.35. The average molecular weight is 402 g/mol. The molecule has 0 spiro atoms. The van der Waals surface area contributed by atoms with Crippen LogP contribution < -0.4 is 14.8 Å². The van der Waals surface area contributed by atoms with Gasteiger partial charge in [0, 0.05) is 19.4 Å². The van der Waals surface area contributed by atoms with Crippen LogP contribution in [0.4, 0.5) is 5.13 Å². The van der Waals surface area contributed by atoms with Gasteiger partial charge < -0.3 is 14.4 Å². The summed E-state index contributed by atoms with van der Waals surface area (Å²) in [5.74, 6) is 1.58. The molecule has 0 bridgehead atoms. The van der Waals surface area contributed by atoms with Crippen LogP contribution in [0.3, 0.4) is 0 Å². The van der Waals surface area contributed by atoms with Crippen molar-refractivity contribution in [1.29, 1.82) is 0 Å². The Bertz CT molecular complexity index is 898. The number of rotatable bonds is 6. The van der Waals surface area contributed by atoms with Gasteiger partial charge in [-0.05, 0) is 30.0 Å². The van der Waals surface area contributed by atoms with Crippen LogP contribution in [0.25, 0.3) is 0 Å². The molecule has 8 nitrogen and oxygen atoms in total. The lowest BCUT2D eigenvalue weighted by atomic mass is 10.1. The normalized spacial score (nSPS) is 18.2. The van der Waals surface area contributed by atoms with Crippen LogP contribution in [0.5, 0.6) is 11.5 Å². The molecule has 1 fully saturated rings. The van der Waals surface area contributed by atoms with Gasteiger partial charge in [-0.25, -0.2) is 0 Å². The Balaban J connectivity index is 1.43. The van der Waals surface area contributed by atoms with Crippen molar-refractivity contribution < 1.29 is 19.1 Å². The van der Waals surface area contributed by atoms with Gasteiger partial charge in [-0.15, -0.1) is 10.2 Å². The number of fused-ring (bicyclic) bond motifs is 1. The van der Waals surface area contributed by atoms with E-state index in [2.05, 4.69) is 29.4 Å². The van der Waals surface area contributed by atoms with Gasteiger partial charge in [0.25, 0.3) is 0 Å². The van der Waals surface area contributed by atoms with Crippen molar-refractivity contribution in [2.24, 2.45) is 5.92 Å². The number of likely N-dealkylation sites (tertiary alicyclic amines) is 1. The van der Waals surface area contributed by atoms with Crippen LogP contribution in [-0.4, -0.2) is 39.7 Å². The molecule has 0 aliphatic carbocycles. The monoisotopic (exact) mass is 402 g/mol. The molecule has 4 rings (SSSR count). The van der Waals surface area contributed by atoms with E-state index in [1.54, 1.807) is 4.90 Å². The van der Waals surface area contributed by atoms with Gasteiger partial charge in [-0.3, -0.25) is 14.9 Å². The smallest absolute Gasteiger partial charge is 0.249 e. The third-order valence-electron chi connectivity index (χ3n) is 4.70. The number of carbonyl (C=O) groups is 2.